The number of aryl methyl sites for hydroxylation is 1. The molecule has 0 aliphatic carbocycles. The van der Waals surface area contributed by atoms with Crippen molar-refractivity contribution in [3.05, 3.63) is 64.6 Å². The predicted octanol–water partition coefficient (Wildman–Crippen LogP) is 4.12. The smallest absolute Gasteiger partial charge is 0.293 e. The largest absolute Gasteiger partial charge is 0.496 e. The second kappa shape index (κ2) is 8.10. The molecule has 134 valence electrons. The van der Waals surface area contributed by atoms with Gasteiger partial charge in [-0.25, -0.2) is 0 Å². The highest BCUT2D eigenvalue weighted by Crippen LogP contribution is 2.33. The topological polar surface area (TPSA) is 55.8 Å². The summed E-state index contributed by atoms with van der Waals surface area (Å²) in [6.45, 7) is 2.44. The monoisotopic (exact) mass is 369 g/mol. The van der Waals surface area contributed by atoms with Crippen LogP contribution in [0.15, 0.2) is 53.4 Å². The Labute approximate surface area is 156 Å². The summed E-state index contributed by atoms with van der Waals surface area (Å²) in [6.07, 6.45) is 1.69. The van der Waals surface area contributed by atoms with Gasteiger partial charge in [0, 0.05) is 5.56 Å². The summed E-state index contributed by atoms with van der Waals surface area (Å²) < 4.78 is 10.9. The van der Waals surface area contributed by atoms with Crippen LogP contribution >= 0.6 is 11.8 Å². The zero-order valence-corrected chi connectivity index (χ0v) is 15.4. The van der Waals surface area contributed by atoms with Crippen LogP contribution in [0.5, 0.6) is 11.5 Å². The molecule has 0 bridgehead atoms. The molecule has 0 radical (unpaired) electrons. The van der Waals surface area contributed by atoms with Crippen molar-refractivity contribution in [2.75, 3.05) is 20.3 Å². The molecule has 5 nitrogen and oxygen atoms in total. The second-order valence-corrected chi connectivity index (χ2v) is 6.73. The van der Waals surface area contributed by atoms with Crippen molar-refractivity contribution in [1.82, 2.24) is 4.90 Å². The Bertz CT molecular complexity index is 862. The first-order chi connectivity index (χ1) is 12.6. The number of imide groups is 1. The number of benzene rings is 2. The lowest BCUT2D eigenvalue weighted by Gasteiger charge is -2.13. The molecule has 2 aromatic rings. The molecule has 1 aliphatic rings. The number of rotatable bonds is 6. The van der Waals surface area contributed by atoms with E-state index < -0.39 is 0 Å². The van der Waals surface area contributed by atoms with Crippen LogP contribution in [0.1, 0.15) is 11.1 Å². The van der Waals surface area contributed by atoms with E-state index >= 15 is 0 Å². The van der Waals surface area contributed by atoms with Crippen LogP contribution in [0.2, 0.25) is 0 Å². The fourth-order valence-electron chi connectivity index (χ4n) is 2.58. The molecular weight excluding hydrogens is 350 g/mol. The number of amides is 2. The predicted molar refractivity (Wildman–Crippen MR) is 102 cm³/mol. The third-order valence-electron chi connectivity index (χ3n) is 3.87. The van der Waals surface area contributed by atoms with E-state index in [0.717, 1.165) is 28.6 Å². The Morgan fingerprint density at radius 2 is 1.92 bits per heavy atom. The Kier molecular flexibility index (Phi) is 5.63. The van der Waals surface area contributed by atoms with Gasteiger partial charge in [0.15, 0.2) is 0 Å². The van der Waals surface area contributed by atoms with Crippen molar-refractivity contribution in [3.8, 4) is 11.5 Å². The molecule has 0 N–H and O–H groups in total. The van der Waals surface area contributed by atoms with E-state index in [9.17, 15) is 9.59 Å². The number of carbonyl (C=O) groups excluding carboxylic acids is 2. The standard InChI is InChI=1S/C20H19NO4S/c1-14-6-5-8-16(12-14)25-11-10-21-19(22)18(26-20(21)23)13-15-7-3-4-9-17(15)24-2/h3-9,12-13H,10-11H2,1-2H3/b18-13-. The molecule has 1 heterocycles. The normalized spacial score (nSPS) is 15.6. The average Bonchev–Trinajstić information content (AvgIpc) is 2.89. The maximum absolute atomic E-state index is 12.5. The highest BCUT2D eigenvalue weighted by molar-refractivity contribution is 8.18. The summed E-state index contributed by atoms with van der Waals surface area (Å²) in [4.78, 5) is 26.3. The first-order valence-corrected chi connectivity index (χ1v) is 8.98. The lowest BCUT2D eigenvalue weighted by molar-refractivity contribution is -0.123. The van der Waals surface area contributed by atoms with Crippen LogP contribution in [-0.4, -0.2) is 36.3 Å². The van der Waals surface area contributed by atoms with Crippen molar-refractivity contribution in [3.63, 3.8) is 0 Å². The van der Waals surface area contributed by atoms with Crippen LogP contribution in [-0.2, 0) is 4.79 Å². The van der Waals surface area contributed by atoms with Gasteiger partial charge in [-0.1, -0.05) is 30.3 Å². The zero-order valence-electron chi connectivity index (χ0n) is 14.6. The van der Waals surface area contributed by atoms with Gasteiger partial charge in [0.2, 0.25) is 0 Å². The van der Waals surface area contributed by atoms with Gasteiger partial charge in [0.05, 0.1) is 18.6 Å². The Morgan fingerprint density at radius 3 is 2.69 bits per heavy atom. The molecule has 0 spiro atoms. The molecule has 2 aromatic carbocycles. The minimum Gasteiger partial charge on any atom is -0.496 e. The highest BCUT2D eigenvalue weighted by atomic mass is 32.2. The molecule has 0 saturated carbocycles. The Balaban J connectivity index is 1.66. The molecule has 26 heavy (non-hydrogen) atoms. The van der Waals surface area contributed by atoms with Crippen molar-refractivity contribution in [1.29, 1.82) is 0 Å². The van der Waals surface area contributed by atoms with Gasteiger partial charge in [-0.3, -0.25) is 14.5 Å². The van der Waals surface area contributed by atoms with E-state index in [4.69, 9.17) is 9.47 Å². The number of hydrogen-bond donors (Lipinski definition) is 0. The molecule has 3 rings (SSSR count). The number of thioether (sulfide) groups is 1. The number of carbonyl (C=O) groups is 2. The van der Waals surface area contributed by atoms with E-state index in [1.807, 2.05) is 55.5 Å². The number of hydrogen-bond acceptors (Lipinski definition) is 5. The minimum atomic E-state index is -0.307. The Hall–Kier alpha value is -2.73. The van der Waals surface area contributed by atoms with Gasteiger partial charge < -0.3 is 9.47 Å². The van der Waals surface area contributed by atoms with Gasteiger partial charge in [0.25, 0.3) is 11.1 Å². The lowest BCUT2D eigenvalue weighted by Crippen LogP contribution is -2.32. The summed E-state index contributed by atoms with van der Waals surface area (Å²) in [5.41, 5.74) is 1.85. The maximum Gasteiger partial charge on any atom is 0.293 e. The third-order valence-corrected chi connectivity index (χ3v) is 4.78. The van der Waals surface area contributed by atoms with E-state index in [0.29, 0.717) is 10.7 Å². The summed E-state index contributed by atoms with van der Waals surface area (Å²) in [5.74, 6) is 1.07. The number of methoxy groups -OCH3 is 1. The Morgan fingerprint density at radius 1 is 1.12 bits per heavy atom. The van der Waals surface area contributed by atoms with Crippen LogP contribution < -0.4 is 9.47 Å². The van der Waals surface area contributed by atoms with Crippen molar-refractivity contribution in [2.24, 2.45) is 0 Å². The van der Waals surface area contributed by atoms with Crippen molar-refractivity contribution < 1.29 is 19.1 Å². The molecule has 0 aromatic heterocycles. The molecule has 6 heteroatoms. The molecule has 1 fully saturated rings. The van der Waals surface area contributed by atoms with Gasteiger partial charge >= 0.3 is 0 Å². The van der Waals surface area contributed by atoms with Gasteiger partial charge in [-0.2, -0.15) is 0 Å². The first-order valence-electron chi connectivity index (χ1n) is 8.16. The van der Waals surface area contributed by atoms with Gasteiger partial charge in [0.1, 0.15) is 18.1 Å². The fourth-order valence-corrected chi connectivity index (χ4v) is 3.44. The van der Waals surface area contributed by atoms with Gasteiger partial charge in [-0.05, 0) is 48.5 Å². The number of nitrogens with zero attached hydrogens (tertiary/aromatic N) is 1. The lowest BCUT2D eigenvalue weighted by atomic mass is 10.2. The van der Waals surface area contributed by atoms with Crippen LogP contribution in [0.4, 0.5) is 4.79 Å². The van der Waals surface area contributed by atoms with E-state index in [2.05, 4.69) is 0 Å². The fraction of sp³-hybridized carbons (Fsp3) is 0.200. The average molecular weight is 369 g/mol. The molecule has 0 atom stereocenters. The van der Waals surface area contributed by atoms with E-state index in [1.54, 1.807) is 13.2 Å². The summed E-state index contributed by atoms with van der Waals surface area (Å²) >= 11 is 0.932. The van der Waals surface area contributed by atoms with E-state index in [-0.39, 0.29) is 24.3 Å². The summed E-state index contributed by atoms with van der Waals surface area (Å²) in [7, 11) is 1.57. The molecule has 0 unspecified atom stereocenters. The zero-order chi connectivity index (χ0) is 18.5. The highest BCUT2D eigenvalue weighted by Gasteiger charge is 2.34. The van der Waals surface area contributed by atoms with Crippen LogP contribution in [0.3, 0.4) is 0 Å². The SMILES string of the molecule is COc1ccccc1/C=C1\SC(=O)N(CCOc2cccc(C)c2)C1=O. The first kappa shape index (κ1) is 18.1. The molecular formula is C20H19NO4S. The number of para-hydroxylation sites is 1. The van der Waals surface area contributed by atoms with E-state index in [1.165, 1.54) is 4.90 Å². The quantitative estimate of drug-likeness (QED) is 0.717. The second-order valence-electron chi connectivity index (χ2n) is 5.74. The van der Waals surface area contributed by atoms with Crippen molar-refractivity contribution >= 4 is 29.0 Å². The minimum absolute atomic E-state index is 0.210. The van der Waals surface area contributed by atoms with Crippen LogP contribution in [0, 0.1) is 6.92 Å². The maximum atomic E-state index is 12.5. The number of ether oxygens (including phenoxy) is 2. The van der Waals surface area contributed by atoms with Crippen LogP contribution in [0.25, 0.3) is 6.08 Å². The summed E-state index contributed by atoms with van der Waals surface area (Å²) in [5, 5.41) is -0.288. The molecule has 2 amide bonds. The molecule has 1 aliphatic heterocycles. The summed E-state index contributed by atoms with van der Waals surface area (Å²) in [6, 6.07) is 15.0. The third kappa shape index (κ3) is 4.08. The molecule has 1 saturated heterocycles. The van der Waals surface area contributed by atoms with Crippen molar-refractivity contribution in [2.45, 2.75) is 6.92 Å². The van der Waals surface area contributed by atoms with Gasteiger partial charge in [-0.15, -0.1) is 0 Å².